The molecule has 1 aliphatic carbocycles. The van der Waals surface area contributed by atoms with Gasteiger partial charge in [0.15, 0.2) is 0 Å². The standard InChI is InChI=1S/C17H21N3OS/c1-3-15-16(22-19-18-15)17(21)20(12(2)14-9-10-14)11-13-7-5-4-6-8-13/h4-8,12,14H,3,9-11H2,1-2H3. The molecule has 0 saturated heterocycles. The fourth-order valence-electron chi connectivity index (χ4n) is 2.75. The quantitative estimate of drug-likeness (QED) is 0.819. The number of hydrogen-bond donors (Lipinski definition) is 0. The lowest BCUT2D eigenvalue weighted by Gasteiger charge is -2.29. The predicted molar refractivity (Wildman–Crippen MR) is 87.8 cm³/mol. The number of aromatic nitrogens is 2. The first-order chi connectivity index (χ1) is 10.7. The molecule has 0 bridgehead atoms. The van der Waals surface area contributed by atoms with Gasteiger partial charge in [0.1, 0.15) is 4.88 Å². The van der Waals surface area contributed by atoms with Gasteiger partial charge in [0.05, 0.1) is 5.69 Å². The zero-order chi connectivity index (χ0) is 15.5. The van der Waals surface area contributed by atoms with E-state index < -0.39 is 0 Å². The summed E-state index contributed by atoms with van der Waals surface area (Å²) in [4.78, 5) is 15.7. The average Bonchev–Trinajstić information content (AvgIpc) is 3.29. The molecule has 22 heavy (non-hydrogen) atoms. The molecule has 1 saturated carbocycles. The van der Waals surface area contributed by atoms with Crippen LogP contribution in [0.5, 0.6) is 0 Å². The van der Waals surface area contributed by atoms with Crippen molar-refractivity contribution in [3.05, 3.63) is 46.5 Å². The van der Waals surface area contributed by atoms with Gasteiger partial charge < -0.3 is 4.90 Å². The summed E-state index contributed by atoms with van der Waals surface area (Å²) in [5.74, 6) is 0.716. The molecule has 1 aliphatic rings. The number of carbonyl (C=O) groups is 1. The number of nitrogens with zero attached hydrogens (tertiary/aromatic N) is 3. The lowest BCUT2D eigenvalue weighted by molar-refractivity contribution is 0.0658. The Bertz CT molecular complexity index is 636. The third-order valence-corrected chi connectivity index (χ3v) is 5.09. The maximum Gasteiger partial charge on any atom is 0.268 e. The van der Waals surface area contributed by atoms with Crippen molar-refractivity contribution < 1.29 is 4.79 Å². The molecule has 0 spiro atoms. The van der Waals surface area contributed by atoms with E-state index in [4.69, 9.17) is 0 Å². The Labute approximate surface area is 135 Å². The van der Waals surface area contributed by atoms with Crippen molar-refractivity contribution in [3.8, 4) is 0 Å². The minimum absolute atomic E-state index is 0.0788. The van der Waals surface area contributed by atoms with Gasteiger partial charge in [0, 0.05) is 12.6 Å². The zero-order valence-electron chi connectivity index (χ0n) is 13.0. The summed E-state index contributed by atoms with van der Waals surface area (Å²) in [6, 6.07) is 10.5. The molecule has 1 unspecified atom stereocenters. The molecule has 1 atom stereocenters. The molecule has 1 amide bonds. The molecule has 4 nitrogen and oxygen atoms in total. The van der Waals surface area contributed by atoms with Crippen molar-refractivity contribution in [3.63, 3.8) is 0 Å². The minimum atomic E-state index is 0.0788. The molecule has 1 heterocycles. The Morgan fingerprint density at radius 1 is 1.36 bits per heavy atom. The van der Waals surface area contributed by atoms with Crippen LogP contribution in [0, 0.1) is 5.92 Å². The Kier molecular flexibility index (Phi) is 4.52. The largest absolute Gasteiger partial charge is 0.331 e. The van der Waals surface area contributed by atoms with E-state index in [0.29, 0.717) is 17.3 Å². The minimum Gasteiger partial charge on any atom is -0.331 e. The topological polar surface area (TPSA) is 46.1 Å². The number of amides is 1. The summed E-state index contributed by atoms with van der Waals surface area (Å²) >= 11 is 1.22. The first-order valence-electron chi connectivity index (χ1n) is 7.86. The van der Waals surface area contributed by atoms with E-state index in [1.165, 1.54) is 29.9 Å². The molecular formula is C17H21N3OS. The molecule has 2 aromatic rings. The maximum atomic E-state index is 13.0. The van der Waals surface area contributed by atoms with Crippen LogP contribution in [0.25, 0.3) is 0 Å². The van der Waals surface area contributed by atoms with Crippen LogP contribution >= 0.6 is 11.5 Å². The summed E-state index contributed by atoms with van der Waals surface area (Å²) in [5, 5.41) is 4.09. The molecule has 1 aromatic heterocycles. The zero-order valence-corrected chi connectivity index (χ0v) is 13.8. The number of hydrogen-bond acceptors (Lipinski definition) is 4. The van der Waals surface area contributed by atoms with E-state index in [2.05, 4.69) is 28.6 Å². The van der Waals surface area contributed by atoms with E-state index in [1.807, 2.05) is 30.0 Å². The highest BCUT2D eigenvalue weighted by molar-refractivity contribution is 7.08. The van der Waals surface area contributed by atoms with Crippen LogP contribution < -0.4 is 0 Å². The summed E-state index contributed by atoms with van der Waals surface area (Å²) in [6.45, 7) is 4.83. The van der Waals surface area contributed by atoms with Gasteiger partial charge in [-0.25, -0.2) is 0 Å². The normalized spacial score (nSPS) is 15.5. The second kappa shape index (κ2) is 6.57. The van der Waals surface area contributed by atoms with Crippen LogP contribution in [-0.2, 0) is 13.0 Å². The highest BCUT2D eigenvalue weighted by atomic mass is 32.1. The van der Waals surface area contributed by atoms with Gasteiger partial charge in [-0.3, -0.25) is 4.79 Å². The van der Waals surface area contributed by atoms with E-state index in [1.54, 1.807) is 0 Å². The summed E-state index contributed by atoms with van der Waals surface area (Å²) in [7, 11) is 0. The molecular weight excluding hydrogens is 294 g/mol. The lowest BCUT2D eigenvalue weighted by Crippen LogP contribution is -2.39. The second-order valence-electron chi connectivity index (χ2n) is 5.90. The number of benzene rings is 1. The van der Waals surface area contributed by atoms with Crippen LogP contribution in [0.15, 0.2) is 30.3 Å². The molecule has 1 aromatic carbocycles. The van der Waals surface area contributed by atoms with Crippen LogP contribution in [-0.4, -0.2) is 26.4 Å². The highest BCUT2D eigenvalue weighted by Gasteiger charge is 2.35. The third kappa shape index (κ3) is 3.19. The predicted octanol–water partition coefficient (Wildman–Crippen LogP) is 3.54. The van der Waals surface area contributed by atoms with E-state index >= 15 is 0 Å². The summed E-state index contributed by atoms with van der Waals surface area (Å²) in [6.07, 6.45) is 3.19. The fourth-order valence-corrected chi connectivity index (χ4v) is 3.45. The number of aryl methyl sites for hydroxylation is 1. The highest BCUT2D eigenvalue weighted by Crippen LogP contribution is 2.36. The van der Waals surface area contributed by atoms with Crippen molar-refractivity contribution in [2.24, 2.45) is 5.92 Å². The monoisotopic (exact) mass is 315 g/mol. The Hall–Kier alpha value is -1.75. The third-order valence-electron chi connectivity index (χ3n) is 4.34. The van der Waals surface area contributed by atoms with Crippen LogP contribution in [0.3, 0.4) is 0 Å². The van der Waals surface area contributed by atoms with Gasteiger partial charge >= 0.3 is 0 Å². The Morgan fingerprint density at radius 3 is 2.73 bits per heavy atom. The molecule has 0 N–H and O–H groups in total. The van der Waals surface area contributed by atoms with Crippen LogP contribution in [0.4, 0.5) is 0 Å². The molecule has 0 radical (unpaired) electrons. The number of rotatable bonds is 6. The SMILES string of the molecule is CCc1nnsc1C(=O)N(Cc1ccccc1)C(C)C1CC1. The molecule has 0 aliphatic heterocycles. The molecule has 1 fully saturated rings. The first kappa shape index (κ1) is 15.2. The van der Waals surface area contributed by atoms with Gasteiger partial charge in [-0.2, -0.15) is 0 Å². The first-order valence-corrected chi connectivity index (χ1v) is 8.64. The average molecular weight is 315 g/mol. The van der Waals surface area contributed by atoms with Gasteiger partial charge in [0.2, 0.25) is 0 Å². The summed E-state index contributed by atoms with van der Waals surface area (Å²) in [5.41, 5.74) is 1.98. The van der Waals surface area contributed by atoms with Crippen LogP contribution in [0.1, 0.15) is 47.6 Å². The molecule has 3 rings (SSSR count). The Balaban J connectivity index is 1.86. The van der Waals surface area contributed by atoms with E-state index in [-0.39, 0.29) is 11.9 Å². The molecule has 116 valence electrons. The van der Waals surface area contributed by atoms with Gasteiger partial charge in [-0.05, 0) is 49.2 Å². The van der Waals surface area contributed by atoms with Gasteiger partial charge in [-0.1, -0.05) is 41.7 Å². The van der Waals surface area contributed by atoms with E-state index in [9.17, 15) is 4.79 Å². The lowest BCUT2D eigenvalue weighted by atomic mass is 10.1. The van der Waals surface area contributed by atoms with Crippen molar-refractivity contribution in [2.75, 3.05) is 0 Å². The molecule has 5 heteroatoms. The fraction of sp³-hybridized carbons (Fsp3) is 0.471. The van der Waals surface area contributed by atoms with Crippen molar-refractivity contribution in [2.45, 2.75) is 45.7 Å². The maximum absolute atomic E-state index is 13.0. The summed E-state index contributed by atoms with van der Waals surface area (Å²) < 4.78 is 3.97. The second-order valence-corrected chi connectivity index (χ2v) is 6.65. The van der Waals surface area contributed by atoms with Gasteiger partial charge in [0.25, 0.3) is 5.91 Å². The number of carbonyl (C=O) groups excluding carboxylic acids is 1. The smallest absolute Gasteiger partial charge is 0.268 e. The van der Waals surface area contributed by atoms with Gasteiger partial charge in [-0.15, -0.1) is 5.10 Å². The van der Waals surface area contributed by atoms with Crippen molar-refractivity contribution in [1.29, 1.82) is 0 Å². The van der Waals surface area contributed by atoms with E-state index in [0.717, 1.165) is 12.1 Å². The van der Waals surface area contributed by atoms with Crippen LogP contribution in [0.2, 0.25) is 0 Å². The van der Waals surface area contributed by atoms with Crippen molar-refractivity contribution in [1.82, 2.24) is 14.5 Å². The Morgan fingerprint density at radius 2 is 2.09 bits per heavy atom. The van der Waals surface area contributed by atoms with Crippen molar-refractivity contribution >= 4 is 17.4 Å².